The second kappa shape index (κ2) is 9.97. The van der Waals surface area contributed by atoms with Gasteiger partial charge in [0, 0.05) is 18.5 Å². The maximum Gasteiger partial charge on any atom is 0.305 e. The fourth-order valence-electron chi connectivity index (χ4n) is 4.31. The first-order valence-corrected chi connectivity index (χ1v) is 11.1. The number of carboxylic acids is 1. The van der Waals surface area contributed by atoms with Crippen molar-refractivity contribution in [2.45, 2.75) is 50.2 Å². The van der Waals surface area contributed by atoms with Gasteiger partial charge in [0.05, 0.1) is 23.8 Å². The smallest absolute Gasteiger partial charge is 0.305 e. The molecule has 0 radical (unpaired) electrons. The van der Waals surface area contributed by atoms with Gasteiger partial charge >= 0.3 is 5.97 Å². The topological polar surface area (TPSA) is 189 Å². The van der Waals surface area contributed by atoms with E-state index in [4.69, 9.17) is 5.11 Å². The highest BCUT2D eigenvalue weighted by Crippen LogP contribution is 2.27. The molecule has 0 aliphatic carbocycles. The van der Waals surface area contributed by atoms with E-state index in [1.807, 2.05) is 0 Å². The van der Waals surface area contributed by atoms with Gasteiger partial charge in [-0.2, -0.15) is 0 Å². The molecule has 14 heteroatoms. The van der Waals surface area contributed by atoms with E-state index < -0.39 is 48.2 Å². The average molecular weight is 487 g/mol. The summed E-state index contributed by atoms with van der Waals surface area (Å²) in [6.45, 7) is 0.220. The zero-order valence-corrected chi connectivity index (χ0v) is 18.6. The molecule has 0 aromatic heterocycles. The maximum atomic E-state index is 13.5. The Bertz CT molecular complexity index is 1080. The number of hydrazine groups is 3. The van der Waals surface area contributed by atoms with Crippen molar-refractivity contribution in [3.63, 3.8) is 0 Å². The number of hydrogen-bond donors (Lipinski definition) is 6. The molecule has 0 bridgehead atoms. The first-order valence-electron chi connectivity index (χ1n) is 11.1. The summed E-state index contributed by atoms with van der Waals surface area (Å²) >= 11 is 0. The second-order valence-corrected chi connectivity index (χ2v) is 8.41. The summed E-state index contributed by atoms with van der Waals surface area (Å²) in [5.41, 5.74) is 10.1. The summed E-state index contributed by atoms with van der Waals surface area (Å²) < 4.78 is 0. The molecule has 0 unspecified atom stereocenters. The molecule has 3 atom stereocenters. The SMILES string of the molecule is O=C[C@H](CC(=O)O)NC(=O)[C@@H]1CCCN2C(=O)CC[C@H](NC(=O)c3ccc4c(c3)NNN4)C(=O)N12. The molecule has 3 aliphatic heterocycles. The van der Waals surface area contributed by atoms with E-state index in [2.05, 4.69) is 27.0 Å². The highest BCUT2D eigenvalue weighted by Gasteiger charge is 2.45. The van der Waals surface area contributed by atoms with Crippen molar-refractivity contribution < 1.29 is 33.9 Å². The fraction of sp³-hybridized carbons (Fsp3) is 0.429. The number of benzene rings is 1. The first-order chi connectivity index (χ1) is 16.8. The first kappa shape index (κ1) is 23.9. The summed E-state index contributed by atoms with van der Waals surface area (Å²) in [7, 11) is 0. The summed E-state index contributed by atoms with van der Waals surface area (Å²) in [4.78, 5) is 74.2. The lowest BCUT2D eigenvalue weighted by atomic mass is 10.0. The van der Waals surface area contributed by atoms with Gasteiger partial charge in [0.1, 0.15) is 18.4 Å². The molecule has 6 N–H and O–H groups in total. The quantitative estimate of drug-likeness (QED) is 0.253. The van der Waals surface area contributed by atoms with Crippen LogP contribution in [0.25, 0.3) is 0 Å². The van der Waals surface area contributed by atoms with Crippen molar-refractivity contribution in [2.24, 2.45) is 0 Å². The second-order valence-electron chi connectivity index (χ2n) is 8.41. The molecule has 14 nitrogen and oxygen atoms in total. The Hall–Kier alpha value is -4.20. The highest BCUT2D eigenvalue weighted by molar-refractivity contribution is 6.01. The lowest BCUT2D eigenvalue weighted by Crippen LogP contribution is -2.64. The number of carbonyl (C=O) groups excluding carboxylic acids is 5. The van der Waals surface area contributed by atoms with Gasteiger partial charge in [-0.05, 0) is 37.5 Å². The number of carbonyl (C=O) groups is 6. The minimum absolute atomic E-state index is 0.0168. The lowest BCUT2D eigenvalue weighted by Gasteiger charge is -2.43. The van der Waals surface area contributed by atoms with Gasteiger partial charge in [-0.1, -0.05) is 0 Å². The van der Waals surface area contributed by atoms with Gasteiger partial charge in [-0.3, -0.25) is 29.0 Å². The van der Waals surface area contributed by atoms with Crippen LogP contribution in [0.4, 0.5) is 11.4 Å². The highest BCUT2D eigenvalue weighted by atomic mass is 16.4. The Morgan fingerprint density at radius 2 is 1.94 bits per heavy atom. The van der Waals surface area contributed by atoms with Crippen LogP contribution in [0.15, 0.2) is 18.2 Å². The van der Waals surface area contributed by atoms with E-state index in [-0.39, 0.29) is 37.3 Å². The molecule has 1 aromatic carbocycles. The van der Waals surface area contributed by atoms with E-state index in [9.17, 15) is 28.8 Å². The van der Waals surface area contributed by atoms with Crippen LogP contribution >= 0.6 is 0 Å². The number of nitrogens with one attached hydrogen (secondary N) is 5. The molecule has 0 spiro atoms. The summed E-state index contributed by atoms with van der Waals surface area (Å²) in [5.74, 6) is -3.55. The van der Waals surface area contributed by atoms with Gasteiger partial charge in [0.25, 0.3) is 11.8 Å². The van der Waals surface area contributed by atoms with Gasteiger partial charge < -0.3 is 31.4 Å². The maximum absolute atomic E-state index is 13.5. The van der Waals surface area contributed by atoms with Crippen LogP contribution in [-0.2, 0) is 24.0 Å². The summed E-state index contributed by atoms with van der Waals surface area (Å²) in [6, 6.07) is 1.38. The zero-order valence-electron chi connectivity index (χ0n) is 18.6. The molecule has 186 valence electrons. The number of carboxylic acid groups (broad SMARTS) is 1. The summed E-state index contributed by atoms with van der Waals surface area (Å²) in [5, 5.41) is 16.2. The molecule has 2 fully saturated rings. The third-order valence-corrected chi connectivity index (χ3v) is 6.03. The number of aliphatic carboxylic acids is 1. The molecule has 1 aromatic rings. The molecule has 35 heavy (non-hydrogen) atoms. The molecular weight excluding hydrogens is 462 g/mol. The van der Waals surface area contributed by atoms with Crippen molar-refractivity contribution in [1.29, 1.82) is 0 Å². The molecular formula is C21H25N7O7. The van der Waals surface area contributed by atoms with Crippen LogP contribution in [0.5, 0.6) is 0 Å². The number of anilines is 2. The third kappa shape index (κ3) is 5.01. The summed E-state index contributed by atoms with van der Waals surface area (Å²) in [6.07, 6.45) is 0.361. The van der Waals surface area contributed by atoms with Crippen molar-refractivity contribution in [2.75, 3.05) is 17.4 Å². The number of rotatable bonds is 7. The molecule has 4 rings (SSSR count). The van der Waals surface area contributed by atoms with Crippen LogP contribution in [0.2, 0.25) is 0 Å². The number of fused-ring (bicyclic) bond motifs is 2. The Labute approximate surface area is 199 Å². The predicted octanol–water partition coefficient (Wildman–Crippen LogP) is -1.27. The Morgan fingerprint density at radius 3 is 2.69 bits per heavy atom. The predicted molar refractivity (Wildman–Crippen MR) is 119 cm³/mol. The number of amides is 4. The van der Waals surface area contributed by atoms with Gasteiger partial charge in [0.2, 0.25) is 11.8 Å². The normalized spacial score (nSPS) is 22.1. The molecule has 3 heterocycles. The molecule has 0 saturated carbocycles. The van der Waals surface area contributed by atoms with E-state index in [1.165, 1.54) is 5.01 Å². The van der Waals surface area contributed by atoms with Crippen molar-refractivity contribution in [1.82, 2.24) is 26.2 Å². The van der Waals surface area contributed by atoms with E-state index >= 15 is 0 Å². The van der Waals surface area contributed by atoms with Crippen molar-refractivity contribution in [3.05, 3.63) is 23.8 Å². The zero-order chi connectivity index (χ0) is 25.1. The van der Waals surface area contributed by atoms with Crippen LogP contribution < -0.4 is 27.0 Å². The van der Waals surface area contributed by atoms with Gasteiger partial charge in [-0.15, -0.1) is 5.53 Å². The van der Waals surface area contributed by atoms with Crippen LogP contribution in [0, 0.1) is 0 Å². The molecule has 4 amide bonds. The monoisotopic (exact) mass is 487 g/mol. The number of hydrogen-bond acceptors (Lipinski definition) is 9. The Kier molecular flexibility index (Phi) is 6.82. The minimum atomic E-state index is -1.28. The van der Waals surface area contributed by atoms with E-state index in [0.29, 0.717) is 18.4 Å². The standard InChI is InChI=1S/C21H25N7O7/c29-10-12(9-18(31)32)22-20(34)16-2-1-7-27-17(30)6-5-14(21(35)28(16)27)23-19(33)11-3-4-13-15(8-11)25-26-24-13/h3-4,8,10,12,14,16,24-26H,1-2,5-7,9H2,(H,22,34)(H,23,33)(H,31,32)/t12-,14-,16-/m0/s1. The van der Waals surface area contributed by atoms with Gasteiger partial charge in [-0.25, -0.2) is 5.01 Å². The number of nitrogens with zero attached hydrogens (tertiary/aromatic N) is 2. The van der Waals surface area contributed by atoms with Crippen LogP contribution in [-0.4, -0.2) is 75.7 Å². The third-order valence-electron chi connectivity index (χ3n) is 6.03. The fourth-order valence-corrected chi connectivity index (χ4v) is 4.31. The number of aldehydes is 1. The lowest BCUT2D eigenvalue weighted by molar-refractivity contribution is -0.176. The largest absolute Gasteiger partial charge is 0.481 e. The minimum Gasteiger partial charge on any atom is -0.481 e. The molecule has 2 saturated heterocycles. The van der Waals surface area contributed by atoms with Crippen LogP contribution in [0.3, 0.4) is 0 Å². The van der Waals surface area contributed by atoms with Crippen molar-refractivity contribution >= 4 is 47.3 Å². The average Bonchev–Trinajstić information content (AvgIpc) is 3.28. The Morgan fingerprint density at radius 1 is 1.17 bits per heavy atom. The van der Waals surface area contributed by atoms with Gasteiger partial charge in [0.15, 0.2) is 0 Å². The molecule has 3 aliphatic rings. The van der Waals surface area contributed by atoms with E-state index in [1.54, 1.807) is 18.2 Å². The van der Waals surface area contributed by atoms with E-state index in [0.717, 1.165) is 10.7 Å². The Balaban J connectivity index is 1.52. The van der Waals surface area contributed by atoms with Crippen molar-refractivity contribution in [3.8, 4) is 0 Å². The van der Waals surface area contributed by atoms with Crippen LogP contribution in [0.1, 0.15) is 42.5 Å².